The van der Waals surface area contributed by atoms with Crippen molar-refractivity contribution < 1.29 is 22.5 Å². The number of halogens is 3. The maximum atomic E-state index is 13.9. The fourth-order valence-electron chi connectivity index (χ4n) is 3.40. The number of nitrogens with zero attached hydrogens (tertiary/aromatic N) is 3. The molecule has 0 saturated carbocycles. The second-order valence-electron chi connectivity index (χ2n) is 6.63. The van der Waals surface area contributed by atoms with Gasteiger partial charge in [0.2, 0.25) is 17.6 Å². The normalized spacial score (nSPS) is 16.5. The van der Waals surface area contributed by atoms with Crippen molar-refractivity contribution in [1.29, 1.82) is 0 Å². The molecule has 4 rings (SSSR count). The molecule has 2 aromatic carbocycles. The average molecular weight is 387 g/mol. The van der Waals surface area contributed by atoms with E-state index >= 15 is 0 Å². The van der Waals surface area contributed by atoms with Gasteiger partial charge < -0.3 is 9.42 Å². The van der Waals surface area contributed by atoms with Crippen LogP contribution in [0.1, 0.15) is 30.3 Å². The van der Waals surface area contributed by atoms with Gasteiger partial charge in [0, 0.05) is 12.6 Å². The Morgan fingerprint density at radius 1 is 1.14 bits per heavy atom. The molecule has 0 spiro atoms. The van der Waals surface area contributed by atoms with Crippen LogP contribution in [0.2, 0.25) is 0 Å². The largest absolute Gasteiger partial charge is 0.337 e. The van der Waals surface area contributed by atoms with E-state index in [1.54, 1.807) is 17.0 Å². The molecule has 1 atom stereocenters. The smallest absolute Gasteiger partial charge is 0.249 e. The minimum atomic E-state index is -0.794. The summed E-state index contributed by atoms with van der Waals surface area (Å²) >= 11 is 0. The summed E-state index contributed by atoms with van der Waals surface area (Å²) in [5.74, 6) is -1.87. The van der Waals surface area contributed by atoms with E-state index in [0.29, 0.717) is 18.5 Å². The molecule has 2 heterocycles. The Balaban J connectivity index is 1.54. The van der Waals surface area contributed by atoms with Crippen LogP contribution in [0.4, 0.5) is 13.2 Å². The predicted octanol–water partition coefficient (Wildman–Crippen LogP) is 4.06. The molecule has 5 nitrogen and oxygen atoms in total. The molecule has 3 aromatic rings. The zero-order chi connectivity index (χ0) is 19.7. The molecule has 0 N–H and O–H groups in total. The predicted molar refractivity (Wildman–Crippen MR) is 93.4 cm³/mol. The minimum Gasteiger partial charge on any atom is -0.337 e. The van der Waals surface area contributed by atoms with Crippen molar-refractivity contribution in [3.05, 3.63) is 71.4 Å². The van der Waals surface area contributed by atoms with Crippen LogP contribution in [-0.2, 0) is 11.2 Å². The van der Waals surface area contributed by atoms with E-state index in [-0.39, 0.29) is 29.6 Å². The summed E-state index contributed by atoms with van der Waals surface area (Å²) in [5.41, 5.74) is 0.599. The van der Waals surface area contributed by atoms with Crippen LogP contribution in [-0.4, -0.2) is 27.5 Å². The highest BCUT2D eigenvalue weighted by Gasteiger charge is 2.34. The summed E-state index contributed by atoms with van der Waals surface area (Å²) in [6, 6.07) is 8.56. The summed E-state index contributed by atoms with van der Waals surface area (Å²) in [7, 11) is 0. The van der Waals surface area contributed by atoms with Crippen molar-refractivity contribution in [2.75, 3.05) is 6.54 Å². The number of carbonyl (C=O) groups is 1. The van der Waals surface area contributed by atoms with Crippen molar-refractivity contribution in [3.63, 3.8) is 0 Å². The van der Waals surface area contributed by atoms with E-state index in [4.69, 9.17) is 4.52 Å². The molecule has 28 heavy (non-hydrogen) atoms. The van der Waals surface area contributed by atoms with Crippen LogP contribution in [0, 0.1) is 17.5 Å². The number of likely N-dealkylation sites (tertiary alicyclic amines) is 1. The molecule has 1 aliphatic rings. The van der Waals surface area contributed by atoms with Crippen molar-refractivity contribution >= 4 is 5.91 Å². The molecular formula is C20H16F3N3O2. The first-order valence-corrected chi connectivity index (χ1v) is 8.84. The molecule has 1 aromatic heterocycles. The highest BCUT2D eigenvalue weighted by molar-refractivity contribution is 5.79. The quantitative estimate of drug-likeness (QED) is 0.677. The maximum Gasteiger partial charge on any atom is 0.249 e. The molecule has 8 heteroatoms. The number of aromatic nitrogens is 2. The Bertz CT molecular complexity index is 1020. The van der Waals surface area contributed by atoms with Crippen LogP contribution >= 0.6 is 0 Å². The topological polar surface area (TPSA) is 59.2 Å². The Kier molecular flexibility index (Phi) is 4.85. The van der Waals surface area contributed by atoms with Gasteiger partial charge in [0.15, 0.2) is 0 Å². The number of rotatable bonds is 4. The molecule has 1 aliphatic heterocycles. The van der Waals surface area contributed by atoms with Crippen molar-refractivity contribution in [2.24, 2.45) is 0 Å². The monoisotopic (exact) mass is 387 g/mol. The van der Waals surface area contributed by atoms with Gasteiger partial charge in [-0.1, -0.05) is 17.3 Å². The Hall–Kier alpha value is -3.16. The average Bonchev–Trinajstić information content (AvgIpc) is 3.31. The molecule has 0 radical (unpaired) electrons. The van der Waals surface area contributed by atoms with Crippen LogP contribution in [0.15, 0.2) is 47.0 Å². The van der Waals surface area contributed by atoms with Gasteiger partial charge in [-0.2, -0.15) is 4.98 Å². The lowest BCUT2D eigenvalue weighted by Crippen LogP contribution is -2.32. The third-order valence-corrected chi connectivity index (χ3v) is 4.72. The molecule has 1 saturated heterocycles. The molecule has 1 fully saturated rings. The molecule has 1 amide bonds. The van der Waals surface area contributed by atoms with Crippen molar-refractivity contribution in [2.45, 2.75) is 25.3 Å². The number of hydrogen-bond acceptors (Lipinski definition) is 4. The van der Waals surface area contributed by atoms with Gasteiger partial charge in [-0.15, -0.1) is 0 Å². The first kappa shape index (κ1) is 18.2. The van der Waals surface area contributed by atoms with Crippen molar-refractivity contribution in [3.8, 4) is 11.4 Å². The fourth-order valence-corrected chi connectivity index (χ4v) is 3.40. The number of carbonyl (C=O) groups excluding carboxylic acids is 1. The first-order valence-electron chi connectivity index (χ1n) is 8.84. The van der Waals surface area contributed by atoms with E-state index in [2.05, 4.69) is 10.1 Å². The van der Waals surface area contributed by atoms with Crippen LogP contribution in [0.25, 0.3) is 11.4 Å². The van der Waals surface area contributed by atoms with Gasteiger partial charge >= 0.3 is 0 Å². The zero-order valence-corrected chi connectivity index (χ0v) is 14.7. The van der Waals surface area contributed by atoms with Crippen LogP contribution < -0.4 is 0 Å². The van der Waals surface area contributed by atoms with E-state index < -0.39 is 23.5 Å². The SMILES string of the molecule is O=C(Cc1cccc(F)c1)N1CCC[C@H]1c1nc(-c2ccc(F)cc2F)no1. The summed E-state index contributed by atoms with van der Waals surface area (Å²) < 4.78 is 45.6. The zero-order valence-electron chi connectivity index (χ0n) is 14.7. The third kappa shape index (κ3) is 3.62. The lowest BCUT2D eigenvalue weighted by molar-refractivity contribution is -0.131. The molecule has 144 valence electrons. The molecule has 0 unspecified atom stereocenters. The number of hydrogen-bond donors (Lipinski definition) is 0. The van der Waals surface area contributed by atoms with Gasteiger partial charge in [0.25, 0.3) is 0 Å². The van der Waals surface area contributed by atoms with E-state index in [9.17, 15) is 18.0 Å². The van der Waals surface area contributed by atoms with Gasteiger partial charge in [-0.25, -0.2) is 13.2 Å². The summed E-state index contributed by atoms with van der Waals surface area (Å²) in [4.78, 5) is 18.5. The van der Waals surface area contributed by atoms with Gasteiger partial charge in [0.1, 0.15) is 23.5 Å². The van der Waals surface area contributed by atoms with Crippen LogP contribution in [0.5, 0.6) is 0 Å². The Morgan fingerprint density at radius 2 is 1.96 bits per heavy atom. The van der Waals surface area contributed by atoms with Gasteiger partial charge in [0.05, 0.1) is 12.0 Å². The fraction of sp³-hybridized carbons (Fsp3) is 0.250. The minimum absolute atomic E-state index is 0.00284. The summed E-state index contributed by atoms with van der Waals surface area (Å²) in [5, 5.41) is 3.77. The number of amides is 1. The van der Waals surface area contributed by atoms with Crippen LogP contribution in [0.3, 0.4) is 0 Å². The van der Waals surface area contributed by atoms with Crippen molar-refractivity contribution in [1.82, 2.24) is 15.0 Å². The molecule has 0 aliphatic carbocycles. The van der Waals surface area contributed by atoms with E-state index in [1.807, 2.05) is 0 Å². The highest BCUT2D eigenvalue weighted by Crippen LogP contribution is 2.33. The lowest BCUT2D eigenvalue weighted by atomic mass is 10.1. The molecule has 0 bridgehead atoms. The third-order valence-electron chi connectivity index (χ3n) is 4.72. The maximum absolute atomic E-state index is 13.9. The summed E-state index contributed by atoms with van der Waals surface area (Å²) in [6.45, 7) is 0.515. The number of benzene rings is 2. The summed E-state index contributed by atoms with van der Waals surface area (Å²) in [6.07, 6.45) is 1.44. The first-order chi connectivity index (χ1) is 13.5. The van der Waals surface area contributed by atoms with Gasteiger partial charge in [-0.05, 0) is 42.7 Å². The van der Waals surface area contributed by atoms with E-state index in [0.717, 1.165) is 18.6 Å². The lowest BCUT2D eigenvalue weighted by Gasteiger charge is -2.21. The van der Waals surface area contributed by atoms with E-state index in [1.165, 1.54) is 18.2 Å². The standard InChI is InChI=1S/C20H16F3N3O2/c21-13-4-1-3-12(9-13)10-18(27)26-8-2-5-17(26)20-24-19(25-28-20)15-7-6-14(22)11-16(15)23/h1,3-4,6-7,9,11,17H,2,5,8,10H2/t17-/m0/s1. The Labute approximate surface area is 158 Å². The Morgan fingerprint density at radius 3 is 2.75 bits per heavy atom. The highest BCUT2D eigenvalue weighted by atomic mass is 19.1. The molecular weight excluding hydrogens is 371 g/mol. The second kappa shape index (κ2) is 7.46. The van der Waals surface area contributed by atoms with Gasteiger partial charge in [-0.3, -0.25) is 4.79 Å². The second-order valence-corrected chi connectivity index (χ2v) is 6.63.